The van der Waals surface area contributed by atoms with Gasteiger partial charge < -0.3 is 15.3 Å². The lowest BCUT2D eigenvalue weighted by molar-refractivity contribution is 0.0778. The Kier molecular flexibility index (Phi) is 5.63. The van der Waals surface area contributed by atoms with Gasteiger partial charge in [-0.15, -0.1) is 12.4 Å². The van der Waals surface area contributed by atoms with Gasteiger partial charge in [0, 0.05) is 13.1 Å². The summed E-state index contributed by atoms with van der Waals surface area (Å²) in [4.78, 5) is 14.3. The van der Waals surface area contributed by atoms with Crippen molar-refractivity contribution in [1.29, 1.82) is 0 Å². The highest BCUT2D eigenvalue weighted by molar-refractivity contribution is 5.95. The molecule has 7 heteroatoms. The zero-order chi connectivity index (χ0) is 15.5. The van der Waals surface area contributed by atoms with Crippen molar-refractivity contribution in [2.24, 2.45) is 5.92 Å². The fraction of sp³-hybridized carbons (Fsp3) is 0.375. The summed E-state index contributed by atoms with van der Waals surface area (Å²) in [6.07, 6.45) is 2.45. The third-order valence-electron chi connectivity index (χ3n) is 3.98. The summed E-state index contributed by atoms with van der Waals surface area (Å²) in [6, 6.07) is 9.43. The molecule has 0 saturated carbocycles. The van der Waals surface area contributed by atoms with E-state index in [4.69, 9.17) is 0 Å². The standard InChI is InChI=1S/C16H20N4O2.ClH/c1-17-9-12-7-8-19(10-12)16(22)15-14(21)11-20(18-15)13-5-3-2-4-6-13;/h2-6,11-12,17,21H,7-10H2,1H3;1H. The first-order valence-corrected chi connectivity index (χ1v) is 7.47. The number of amides is 1. The highest BCUT2D eigenvalue weighted by Gasteiger charge is 2.29. The predicted octanol–water partition coefficient (Wildman–Crippen LogP) is 1.68. The van der Waals surface area contributed by atoms with Gasteiger partial charge in [-0.25, -0.2) is 4.68 Å². The molecule has 2 heterocycles. The Labute approximate surface area is 141 Å². The Morgan fingerprint density at radius 3 is 2.83 bits per heavy atom. The zero-order valence-corrected chi connectivity index (χ0v) is 13.8. The van der Waals surface area contributed by atoms with E-state index in [-0.39, 0.29) is 29.8 Å². The van der Waals surface area contributed by atoms with Gasteiger partial charge in [-0.1, -0.05) is 18.2 Å². The highest BCUT2D eigenvalue weighted by atomic mass is 35.5. The summed E-state index contributed by atoms with van der Waals surface area (Å²) in [5.74, 6) is 0.184. The maximum absolute atomic E-state index is 12.5. The molecule has 1 saturated heterocycles. The van der Waals surface area contributed by atoms with Crippen LogP contribution in [0, 0.1) is 5.92 Å². The van der Waals surface area contributed by atoms with Gasteiger partial charge >= 0.3 is 0 Å². The number of hydrogen-bond donors (Lipinski definition) is 2. The van der Waals surface area contributed by atoms with E-state index in [2.05, 4.69) is 10.4 Å². The SMILES string of the molecule is CNCC1CCN(C(=O)c2nn(-c3ccccc3)cc2O)C1.Cl. The molecule has 0 aliphatic carbocycles. The molecule has 1 aromatic heterocycles. The van der Waals surface area contributed by atoms with Crippen molar-refractivity contribution in [3.8, 4) is 11.4 Å². The summed E-state index contributed by atoms with van der Waals surface area (Å²) >= 11 is 0. The minimum atomic E-state index is -0.203. The van der Waals surface area contributed by atoms with Crippen LogP contribution in [0.3, 0.4) is 0 Å². The molecule has 1 atom stereocenters. The predicted molar refractivity (Wildman–Crippen MR) is 90.4 cm³/mol. The lowest BCUT2D eigenvalue weighted by Gasteiger charge is -2.15. The van der Waals surface area contributed by atoms with Crippen LogP contribution in [0.2, 0.25) is 0 Å². The molecule has 2 N–H and O–H groups in total. The molecular formula is C16H21ClN4O2. The highest BCUT2D eigenvalue weighted by Crippen LogP contribution is 2.23. The summed E-state index contributed by atoms with van der Waals surface area (Å²) < 4.78 is 1.53. The topological polar surface area (TPSA) is 70.4 Å². The second kappa shape index (κ2) is 7.48. The number of hydrogen-bond acceptors (Lipinski definition) is 4. The molecule has 0 radical (unpaired) electrons. The van der Waals surface area contributed by atoms with E-state index in [1.165, 1.54) is 10.9 Å². The zero-order valence-electron chi connectivity index (χ0n) is 13.0. The molecular weight excluding hydrogens is 316 g/mol. The number of nitrogens with zero attached hydrogens (tertiary/aromatic N) is 3. The van der Waals surface area contributed by atoms with Crippen LogP contribution in [0.4, 0.5) is 0 Å². The van der Waals surface area contributed by atoms with Crippen LogP contribution in [-0.2, 0) is 0 Å². The van der Waals surface area contributed by atoms with Gasteiger partial charge in [0.1, 0.15) is 0 Å². The number of benzene rings is 1. The molecule has 0 spiro atoms. The quantitative estimate of drug-likeness (QED) is 0.891. The Hall–Kier alpha value is -2.05. The van der Waals surface area contributed by atoms with Gasteiger partial charge in [-0.05, 0) is 38.1 Å². The molecule has 1 amide bonds. The molecule has 6 nitrogen and oxygen atoms in total. The summed E-state index contributed by atoms with van der Waals surface area (Å²) in [7, 11) is 1.91. The molecule has 1 aliphatic rings. The molecule has 0 bridgehead atoms. The Bertz CT molecular complexity index is 659. The Morgan fingerprint density at radius 1 is 1.39 bits per heavy atom. The number of likely N-dealkylation sites (tertiary alicyclic amines) is 1. The number of rotatable bonds is 4. The van der Waals surface area contributed by atoms with Crippen LogP contribution in [0.15, 0.2) is 36.5 Å². The number of para-hydroxylation sites is 1. The number of carbonyl (C=O) groups is 1. The van der Waals surface area contributed by atoms with Gasteiger partial charge in [0.15, 0.2) is 11.4 Å². The molecule has 3 rings (SSSR count). The number of nitrogens with one attached hydrogen (secondary N) is 1. The largest absolute Gasteiger partial charge is 0.504 e. The average molecular weight is 337 g/mol. The number of carbonyl (C=O) groups excluding carboxylic acids is 1. The lowest BCUT2D eigenvalue weighted by Crippen LogP contribution is -2.30. The minimum Gasteiger partial charge on any atom is -0.504 e. The monoisotopic (exact) mass is 336 g/mol. The van der Waals surface area contributed by atoms with Crippen molar-refractivity contribution >= 4 is 18.3 Å². The van der Waals surface area contributed by atoms with E-state index in [0.29, 0.717) is 19.0 Å². The molecule has 1 fully saturated rings. The maximum Gasteiger partial charge on any atom is 0.278 e. The van der Waals surface area contributed by atoms with Gasteiger partial charge in [-0.3, -0.25) is 4.79 Å². The average Bonchev–Trinajstić information content (AvgIpc) is 3.15. The van der Waals surface area contributed by atoms with E-state index in [0.717, 1.165) is 18.7 Å². The number of aromatic hydroxyl groups is 1. The van der Waals surface area contributed by atoms with Crippen molar-refractivity contribution < 1.29 is 9.90 Å². The molecule has 23 heavy (non-hydrogen) atoms. The molecule has 1 unspecified atom stereocenters. The van der Waals surface area contributed by atoms with E-state index in [9.17, 15) is 9.90 Å². The van der Waals surface area contributed by atoms with Gasteiger partial charge in [0.25, 0.3) is 5.91 Å². The van der Waals surface area contributed by atoms with Crippen molar-refractivity contribution in [3.63, 3.8) is 0 Å². The first kappa shape index (κ1) is 17.3. The van der Waals surface area contributed by atoms with Crippen LogP contribution < -0.4 is 5.32 Å². The normalized spacial score (nSPS) is 17.1. The summed E-state index contributed by atoms with van der Waals surface area (Å²) in [5.41, 5.74) is 0.931. The van der Waals surface area contributed by atoms with Crippen LogP contribution >= 0.6 is 12.4 Å². The van der Waals surface area contributed by atoms with E-state index < -0.39 is 0 Å². The van der Waals surface area contributed by atoms with Gasteiger partial charge in [0.2, 0.25) is 0 Å². The van der Waals surface area contributed by atoms with Crippen molar-refractivity contribution in [2.75, 3.05) is 26.7 Å². The molecule has 1 aliphatic heterocycles. The summed E-state index contributed by atoms with van der Waals surface area (Å²) in [5, 5.41) is 17.4. The first-order chi connectivity index (χ1) is 10.7. The third kappa shape index (κ3) is 3.65. The van der Waals surface area contributed by atoms with Crippen LogP contribution in [0.5, 0.6) is 5.75 Å². The first-order valence-electron chi connectivity index (χ1n) is 7.47. The van der Waals surface area contributed by atoms with Crippen molar-refractivity contribution in [3.05, 3.63) is 42.2 Å². The summed E-state index contributed by atoms with van der Waals surface area (Å²) in [6.45, 7) is 2.31. The lowest BCUT2D eigenvalue weighted by atomic mass is 10.1. The smallest absolute Gasteiger partial charge is 0.278 e. The third-order valence-corrected chi connectivity index (χ3v) is 3.98. The molecule has 1 aromatic carbocycles. The van der Waals surface area contributed by atoms with Crippen molar-refractivity contribution in [2.45, 2.75) is 6.42 Å². The van der Waals surface area contributed by atoms with Crippen LogP contribution in [0.1, 0.15) is 16.9 Å². The molecule has 124 valence electrons. The maximum atomic E-state index is 12.5. The Balaban J connectivity index is 0.00000192. The van der Waals surface area contributed by atoms with Crippen LogP contribution in [-0.4, -0.2) is 52.4 Å². The van der Waals surface area contributed by atoms with Gasteiger partial charge in [-0.2, -0.15) is 5.10 Å². The van der Waals surface area contributed by atoms with E-state index >= 15 is 0 Å². The van der Waals surface area contributed by atoms with Gasteiger partial charge in [0.05, 0.1) is 11.9 Å². The fourth-order valence-corrected chi connectivity index (χ4v) is 2.85. The van der Waals surface area contributed by atoms with E-state index in [1.807, 2.05) is 37.4 Å². The second-order valence-corrected chi connectivity index (χ2v) is 5.61. The second-order valence-electron chi connectivity index (χ2n) is 5.61. The fourth-order valence-electron chi connectivity index (χ4n) is 2.85. The minimum absolute atomic E-state index is 0. The van der Waals surface area contributed by atoms with Crippen molar-refractivity contribution in [1.82, 2.24) is 20.0 Å². The van der Waals surface area contributed by atoms with Crippen LogP contribution in [0.25, 0.3) is 5.69 Å². The number of aromatic nitrogens is 2. The molecule has 2 aromatic rings. The number of halogens is 1. The Morgan fingerprint density at radius 2 is 2.13 bits per heavy atom. The van der Waals surface area contributed by atoms with E-state index in [1.54, 1.807) is 4.90 Å².